The molecule has 10 aromatic carbocycles. The molecule has 0 fully saturated rings. The summed E-state index contributed by atoms with van der Waals surface area (Å²) in [4.78, 5) is 10.8. The standard InChI is InChI=1S/C63H44N2/c1-63(2)57-30-16-29-52(61(57)56-37-46-21-9-10-22-47(46)39-58(56)63)45-33-31-44(32-34-45)51-28-15-23-43-35-36-48(38-55(43)51)62-64-59(53-26-13-11-24-49(53)41-17-5-3-6-18-41)40-60(65-62)54-27-14-12-25-50(54)42-19-7-4-8-20-42/h3-40H,1-2H3. The second kappa shape index (κ2) is 15.6. The van der Waals surface area contributed by atoms with Crippen LogP contribution in [0.5, 0.6) is 0 Å². The van der Waals surface area contributed by atoms with E-state index in [0.29, 0.717) is 5.82 Å². The van der Waals surface area contributed by atoms with E-state index in [1.807, 2.05) is 0 Å². The first kappa shape index (κ1) is 38.5. The molecule has 306 valence electrons. The molecule has 0 saturated heterocycles. The molecule has 12 rings (SSSR count). The maximum Gasteiger partial charge on any atom is 0.160 e. The third-order valence-corrected chi connectivity index (χ3v) is 13.5. The van der Waals surface area contributed by atoms with Gasteiger partial charge in [-0.15, -0.1) is 0 Å². The van der Waals surface area contributed by atoms with Crippen molar-refractivity contribution in [1.82, 2.24) is 9.97 Å². The van der Waals surface area contributed by atoms with Gasteiger partial charge < -0.3 is 0 Å². The molecule has 0 saturated carbocycles. The maximum atomic E-state index is 5.40. The normalized spacial score (nSPS) is 12.6. The van der Waals surface area contributed by atoms with Gasteiger partial charge >= 0.3 is 0 Å². The number of benzene rings is 10. The van der Waals surface area contributed by atoms with Gasteiger partial charge in [0.15, 0.2) is 5.82 Å². The van der Waals surface area contributed by atoms with Crippen LogP contribution in [-0.4, -0.2) is 9.97 Å². The number of hydrogen-bond donors (Lipinski definition) is 0. The van der Waals surface area contributed by atoms with Crippen molar-refractivity contribution in [1.29, 1.82) is 0 Å². The van der Waals surface area contributed by atoms with Crippen LogP contribution in [0.15, 0.2) is 231 Å². The highest BCUT2D eigenvalue weighted by molar-refractivity contribution is 6.01. The number of nitrogens with zero attached hydrogens (tertiary/aromatic N) is 2. The summed E-state index contributed by atoms with van der Waals surface area (Å²) in [5.74, 6) is 0.684. The molecule has 0 radical (unpaired) electrons. The minimum atomic E-state index is -0.0914. The van der Waals surface area contributed by atoms with E-state index in [2.05, 4.69) is 244 Å². The van der Waals surface area contributed by atoms with Crippen molar-refractivity contribution in [2.45, 2.75) is 19.3 Å². The van der Waals surface area contributed by atoms with Gasteiger partial charge in [-0.05, 0) is 113 Å². The Morgan fingerprint density at radius 1 is 0.292 bits per heavy atom. The molecular formula is C63H44N2. The Morgan fingerprint density at radius 2 is 0.754 bits per heavy atom. The van der Waals surface area contributed by atoms with Crippen LogP contribution in [-0.2, 0) is 5.41 Å². The van der Waals surface area contributed by atoms with Crippen LogP contribution in [0, 0.1) is 0 Å². The van der Waals surface area contributed by atoms with Crippen LogP contribution in [0.25, 0.3) is 111 Å². The molecule has 0 bridgehead atoms. The molecule has 1 aromatic heterocycles. The lowest BCUT2D eigenvalue weighted by atomic mass is 9.81. The Hall–Kier alpha value is -8.20. The average molecular weight is 829 g/mol. The van der Waals surface area contributed by atoms with Crippen molar-refractivity contribution in [3.63, 3.8) is 0 Å². The van der Waals surface area contributed by atoms with Gasteiger partial charge in [-0.25, -0.2) is 9.97 Å². The fourth-order valence-electron chi connectivity index (χ4n) is 10.2. The summed E-state index contributed by atoms with van der Waals surface area (Å²) < 4.78 is 0. The van der Waals surface area contributed by atoms with E-state index >= 15 is 0 Å². The highest BCUT2D eigenvalue weighted by atomic mass is 14.9. The van der Waals surface area contributed by atoms with Crippen molar-refractivity contribution < 1.29 is 0 Å². The van der Waals surface area contributed by atoms with Crippen molar-refractivity contribution in [3.8, 4) is 89.5 Å². The molecule has 0 spiro atoms. The highest BCUT2D eigenvalue weighted by Gasteiger charge is 2.37. The fraction of sp³-hybridized carbons (Fsp3) is 0.0476. The summed E-state index contributed by atoms with van der Waals surface area (Å²) in [7, 11) is 0. The lowest BCUT2D eigenvalue weighted by Gasteiger charge is -2.22. The van der Waals surface area contributed by atoms with Crippen LogP contribution in [0.3, 0.4) is 0 Å². The highest BCUT2D eigenvalue weighted by Crippen LogP contribution is 2.53. The quantitative estimate of drug-likeness (QED) is 0.160. The van der Waals surface area contributed by atoms with Gasteiger partial charge in [-0.3, -0.25) is 0 Å². The number of rotatable bonds is 7. The zero-order valence-corrected chi connectivity index (χ0v) is 36.3. The minimum Gasteiger partial charge on any atom is -0.228 e. The first-order valence-electron chi connectivity index (χ1n) is 22.5. The van der Waals surface area contributed by atoms with Crippen LogP contribution in [0.2, 0.25) is 0 Å². The summed E-state index contributed by atoms with van der Waals surface area (Å²) in [5, 5.41) is 4.89. The number of hydrogen-bond acceptors (Lipinski definition) is 2. The molecule has 65 heavy (non-hydrogen) atoms. The summed E-state index contributed by atoms with van der Waals surface area (Å²) in [6.45, 7) is 4.73. The van der Waals surface area contributed by atoms with Crippen molar-refractivity contribution in [2.75, 3.05) is 0 Å². The monoisotopic (exact) mass is 828 g/mol. The van der Waals surface area contributed by atoms with E-state index in [1.165, 1.54) is 60.7 Å². The van der Waals surface area contributed by atoms with Gasteiger partial charge in [0.1, 0.15) is 0 Å². The number of fused-ring (bicyclic) bond motifs is 5. The Morgan fingerprint density at radius 3 is 1.38 bits per heavy atom. The zero-order valence-electron chi connectivity index (χ0n) is 36.3. The Kier molecular flexibility index (Phi) is 9.21. The minimum absolute atomic E-state index is 0.0914. The van der Waals surface area contributed by atoms with Crippen molar-refractivity contribution in [3.05, 3.63) is 242 Å². The van der Waals surface area contributed by atoms with Gasteiger partial charge in [-0.1, -0.05) is 220 Å². The maximum absolute atomic E-state index is 5.40. The van der Waals surface area contributed by atoms with Gasteiger partial charge in [0.05, 0.1) is 11.4 Å². The molecule has 0 N–H and O–H groups in total. The van der Waals surface area contributed by atoms with Gasteiger partial charge in [0.25, 0.3) is 0 Å². The van der Waals surface area contributed by atoms with Crippen LogP contribution in [0.4, 0.5) is 0 Å². The van der Waals surface area contributed by atoms with Crippen molar-refractivity contribution in [2.24, 2.45) is 0 Å². The van der Waals surface area contributed by atoms with Crippen molar-refractivity contribution >= 4 is 21.5 Å². The fourth-order valence-corrected chi connectivity index (χ4v) is 10.2. The second-order valence-electron chi connectivity index (χ2n) is 17.7. The first-order valence-corrected chi connectivity index (χ1v) is 22.5. The Labute approximate surface area is 380 Å². The topological polar surface area (TPSA) is 25.8 Å². The number of aromatic nitrogens is 2. The summed E-state index contributed by atoms with van der Waals surface area (Å²) >= 11 is 0. The van der Waals surface area contributed by atoms with E-state index in [-0.39, 0.29) is 5.41 Å². The molecule has 0 amide bonds. The molecular weight excluding hydrogens is 785 g/mol. The largest absolute Gasteiger partial charge is 0.228 e. The second-order valence-corrected chi connectivity index (χ2v) is 17.7. The van der Waals surface area contributed by atoms with Crippen LogP contribution < -0.4 is 0 Å². The Bertz CT molecular complexity index is 3500. The molecule has 11 aromatic rings. The SMILES string of the molecule is CC1(C)c2cc3ccccc3cc2-c2c(-c3ccc(-c4cccc5ccc(-c6nc(-c7ccccc7-c7ccccc7)cc(-c7ccccc7-c7ccccc7)n6)cc45)cc3)cccc21. The molecule has 1 aliphatic carbocycles. The van der Waals surface area contributed by atoms with Crippen LogP contribution >= 0.6 is 0 Å². The van der Waals surface area contributed by atoms with Gasteiger partial charge in [-0.2, -0.15) is 0 Å². The van der Waals surface area contributed by atoms with Gasteiger partial charge in [0, 0.05) is 22.1 Å². The average Bonchev–Trinajstić information content (AvgIpc) is 3.60. The van der Waals surface area contributed by atoms with E-state index < -0.39 is 0 Å². The molecule has 1 heterocycles. The summed E-state index contributed by atoms with van der Waals surface area (Å²) in [6, 6.07) is 83.2. The molecule has 2 nitrogen and oxygen atoms in total. The molecule has 0 atom stereocenters. The molecule has 0 aliphatic heterocycles. The molecule has 2 heteroatoms. The summed E-state index contributed by atoms with van der Waals surface area (Å²) in [5.41, 5.74) is 19.6. The predicted molar refractivity (Wildman–Crippen MR) is 273 cm³/mol. The van der Waals surface area contributed by atoms with Crippen LogP contribution in [0.1, 0.15) is 25.0 Å². The lowest BCUT2D eigenvalue weighted by molar-refractivity contribution is 0.661. The first-order chi connectivity index (χ1) is 32.0. The molecule has 0 unspecified atom stereocenters. The smallest absolute Gasteiger partial charge is 0.160 e. The summed E-state index contributed by atoms with van der Waals surface area (Å²) in [6.07, 6.45) is 0. The molecule has 1 aliphatic rings. The Balaban J connectivity index is 0.980. The van der Waals surface area contributed by atoms with E-state index in [0.717, 1.165) is 55.7 Å². The zero-order chi connectivity index (χ0) is 43.5. The van der Waals surface area contributed by atoms with Gasteiger partial charge in [0.2, 0.25) is 0 Å². The third-order valence-electron chi connectivity index (χ3n) is 13.5. The third kappa shape index (κ3) is 6.65. The lowest BCUT2D eigenvalue weighted by Crippen LogP contribution is -2.14. The van der Waals surface area contributed by atoms with E-state index in [4.69, 9.17) is 9.97 Å². The van der Waals surface area contributed by atoms with E-state index in [9.17, 15) is 0 Å². The van der Waals surface area contributed by atoms with E-state index in [1.54, 1.807) is 0 Å². The predicted octanol–water partition coefficient (Wildman–Crippen LogP) is 16.8.